The summed E-state index contributed by atoms with van der Waals surface area (Å²) >= 11 is 4.45. The second-order valence-electron chi connectivity index (χ2n) is 5.68. The van der Waals surface area contributed by atoms with Gasteiger partial charge >= 0.3 is 0 Å². The molecular formula is C18H19I2NO4. The van der Waals surface area contributed by atoms with Crippen LogP contribution in [0.15, 0.2) is 36.4 Å². The molecule has 25 heavy (non-hydrogen) atoms. The van der Waals surface area contributed by atoms with Gasteiger partial charge < -0.3 is 20.7 Å². The normalized spacial score (nSPS) is 12.0. The quantitative estimate of drug-likeness (QED) is 0.425. The lowest BCUT2D eigenvalue weighted by Crippen LogP contribution is -2.24. The molecule has 0 bridgehead atoms. The molecule has 0 amide bonds. The molecule has 134 valence electrons. The first-order valence-electron chi connectivity index (χ1n) is 7.72. The Hall–Kier alpha value is -0.910. The average molecular weight is 567 g/mol. The Morgan fingerprint density at radius 2 is 1.76 bits per heavy atom. The van der Waals surface area contributed by atoms with Crippen molar-refractivity contribution in [1.82, 2.24) is 0 Å². The number of phenols is 1. The van der Waals surface area contributed by atoms with Gasteiger partial charge in [-0.1, -0.05) is 0 Å². The van der Waals surface area contributed by atoms with E-state index in [2.05, 4.69) is 45.2 Å². The van der Waals surface area contributed by atoms with Crippen LogP contribution in [0.5, 0.6) is 17.2 Å². The van der Waals surface area contributed by atoms with E-state index in [9.17, 15) is 9.90 Å². The molecule has 0 spiro atoms. The highest BCUT2D eigenvalue weighted by molar-refractivity contribution is 14.1. The van der Waals surface area contributed by atoms with Crippen LogP contribution < -0.4 is 10.5 Å². The molecule has 0 radical (unpaired) electrons. The monoisotopic (exact) mass is 567 g/mol. The summed E-state index contributed by atoms with van der Waals surface area (Å²) in [7, 11) is 0. The molecule has 4 N–H and O–H groups in total. The van der Waals surface area contributed by atoms with Gasteiger partial charge in [-0.25, -0.2) is 0 Å². The van der Waals surface area contributed by atoms with Gasteiger partial charge in [0, 0.05) is 12.5 Å². The zero-order chi connectivity index (χ0) is 18.4. The summed E-state index contributed by atoms with van der Waals surface area (Å²) in [6, 6.07) is 10.5. The van der Waals surface area contributed by atoms with E-state index < -0.39 is 6.61 Å². The van der Waals surface area contributed by atoms with Crippen LogP contribution in [0.1, 0.15) is 18.4 Å². The molecule has 5 nitrogen and oxygen atoms in total. The number of aromatic hydroxyl groups is 1. The van der Waals surface area contributed by atoms with E-state index in [1.165, 1.54) is 0 Å². The first-order valence-corrected chi connectivity index (χ1v) is 9.87. The number of nitrogens with two attached hydrogens (primary N) is 1. The van der Waals surface area contributed by atoms with Crippen LogP contribution in [0.3, 0.4) is 0 Å². The Balaban J connectivity index is 2.06. The third kappa shape index (κ3) is 6.39. The number of carbonyl (C=O) groups is 1. The Morgan fingerprint density at radius 3 is 2.32 bits per heavy atom. The van der Waals surface area contributed by atoms with Gasteiger partial charge in [0.05, 0.1) is 7.14 Å². The summed E-state index contributed by atoms with van der Waals surface area (Å²) in [5.41, 5.74) is 7.17. The largest absolute Gasteiger partial charge is 0.508 e. The lowest BCUT2D eigenvalue weighted by molar-refractivity contribution is -0.121. The van der Waals surface area contributed by atoms with E-state index >= 15 is 0 Å². The molecule has 0 aliphatic heterocycles. The average Bonchev–Trinajstić information content (AvgIpc) is 2.57. The minimum atomic E-state index is -0.425. The summed E-state index contributed by atoms with van der Waals surface area (Å²) in [5.74, 6) is 1.43. The minimum Gasteiger partial charge on any atom is -0.508 e. The topological polar surface area (TPSA) is 92.8 Å². The summed E-state index contributed by atoms with van der Waals surface area (Å²) < 4.78 is 7.85. The minimum absolute atomic E-state index is 0.133. The number of ether oxygens (including phenoxy) is 1. The van der Waals surface area contributed by atoms with Gasteiger partial charge in [0.25, 0.3) is 0 Å². The number of aliphatic hydroxyl groups excluding tert-OH is 1. The van der Waals surface area contributed by atoms with E-state index in [0.29, 0.717) is 25.0 Å². The van der Waals surface area contributed by atoms with Crippen LogP contribution in [0, 0.1) is 7.14 Å². The van der Waals surface area contributed by atoms with Gasteiger partial charge in [0.1, 0.15) is 18.1 Å². The van der Waals surface area contributed by atoms with E-state index in [1.807, 2.05) is 12.1 Å². The molecule has 7 heteroatoms. The SMILES string of the molecule is N[C@H](CCC(=O)CO)Cc1cc(I)c(Oc2ccc(O)cc2)c(I)c1. The molecule has 2 aromatic rings. The molecular weight excluding hydrogens is 548 g/mol. The van der Waals surface area contributed by atoms with E-state index in [-0.39, 0.29) is 17.6 Å². The number of benzene rings is 2. The van der Waals surface area contributed by atoms with Crippen LogP contribution >= 0.6 is 45.2 Å². The Labute approximate surface area is 173 Å². The molecule has 0 saturated heterocycles. The molecule has 0 heterocycles. The number of hydrogen-bond donors (Lipinski definition) is 3. The summed E-state index contributed by atoms with van der Waals surface area (Å²) in [5, 5.41) is 18.1. The van der Waals surface area contributed by atoms with Crippen LogP contribution in [-0.4, -0.2) is 28.6 Å². The van der Waals surface area contributed by atoms with Crippen molar-refractivity contribution in [2.75, 3.05) is 6.61 Å². The molecule has 0 saturated carbocycles. The number of carbonyl (C=O) groups excluding carboxylic acids is 1. The number of aliphatic hydroxyl groups is 1. The third-order valence-corrected chi connectivity index (χ3v) is 5.19. The van der Waals surface area contributed by atoms with Crippen LogP contribution in [0.25, 0.3) is 0 Å². The van der Waals surface area contributed by atoms with E-state index in [0.717, 1.165) is 18.5 Å². The van der Waals surface area contributed by atoms with E-state index in [4.69, 9.17) is 15.6 Å². The van der Waals surface area contributed by atoms with Gasteiger partial charge in [-0.15, -0.1) is 0 Å². The smallest absolute Gasteiger partial charge is 0.158 e. The van der Waals surface area contributed by atoms with Crippen molar-refractivity contribution in [2.24, 2.45) is 5.73 Å². The first-order chi connectivity index (χ1) is 11.9. The molecule has 0 aliphatic carbocycles. The van der Waals surface area contributed by atoms with Gasteiger partial charge in [-0.2, -0.15) is 0 Å². The zero-order valence-electron chi connectivity index (χ0n) is 13.4. The van der Waals surface area contributed by atoms with Crippen LogP contribution in [-0.2, 0) is 11.2 Å². The van der Waals surface area contributed by atoms with Crippen molar-refractivity contribution in [3.63, 3.8) is 0 Å². The lowest BCUT2D eigenvalue weighted by atomic mass is 10.0. The fourth-order valence-corrected chi connectivity index (χ4v) is 4.41. The molecule has 0 aromatic heterocycles. The molecule has 2 rings (SSSR count). The number of Topliss-reactive ketones (excluding diaryl/α,β-unsaturated/α-hetero) is 1. The maximum Gasteiger partial charge on any atom is 0.158 e. The van der Waals surface area contributed by atoms with Crippen molar-refractivity contribution in [3.05, 3.63) is 49.1 Å². The summed E-state index contributed by atoms with van der Waals surface area (Å²) in [6.07, 6.45) is 1.51. The highest BCUT2D eigenvalue weighted by Crippen LogP contribution is 2.33. The standard InChI is InChI=1S/C18H19I2NO4/c19-16-8-11(7-12(21)1-2-14(24)10-22)9-17(20)18(16)25-15-5-3-13(23)4-6-15/h3-6,8-9,12,22-23H,1-2,7,10,21H2/t12-/m1/s1. The van der Waals surface area contributed by atoms with Gasteiger partial charge in [0.2, 0.25) is 0 Å². The number of ketones is 1. The second-order valence-corrected chi connectivity index (χ2v) is 8.01. The van der Waals surface area contributed by atoms with Crippen molar-refractivity contribution in [2.45, 2.75) is 25.3 Å². The lowest BCUT2D eigenvalue weighted by Gasteiger charge is -2.15. The summed E-state index contributed by atoms with van der Waals surface area (Å²) in [4.78, 5) is 11.2. The van der Waals surface area contributed by atoms with Gasteiger partial charge in [-0.05, 0) is 100.0 Å². The fourth-order valence-electron chi connectivity index (χ4n) is 2.29. The highest BCUT2D eigenvalue weighted by Gasteiger charge is 2.13. The number of rotatable bonds is 8. The number of phenolic OH excluding ortho intramolecular Hbond substituents is 1. The number of halogens is 2. The number of hydrogen-bond acceptors (Lipinski definition) is 5. The van der Waals surface area contributed by atoms with Crippen LogP contribution in [0.4, 0.5) is 0 Å². The van der Waals surface area contributed by atoms with Gasteiger partial charge in [0.15, 0.2) is 11.5 Å². The van der Waals surface area contributed by atoms with Crippen molar-refractivity contribution < 1.29 is 19.7 Å². The molecule has 2 aromatic carbocycles. The Morgan fingerprint density at radius 1 is 1.16 bits per heavy atom. The van der Waals surface area contributed by atoms with E-state index in [1.54, 1.807) is 24.3 Å². The Bertz CT molecular complexity index is 711. The van der Waals surface area contributed by atoms with Crippen molar-refractivity contribution >= 4 is 51.0 Å². The Kier molecular flexibility index (Phi) is 7.91. The van der Waals surface area contributed by atoms with Gasteiger partial charge in [-0.3, -0.25) is 4.79 Å². The predicted octanol–water partition coefficient (Wildman–Crippen LogP) is 3.61. The maximum absolute atomic E-state index is 11.2. The fraction of sp³-hybridized carbons (Fsp3) is 0.278. The molecule has 0 unspecified atom stereocenters. The van der Waals surface area contributed by atoms with Crippen molar-refractivity contribution in [3.8, 4) is 17.2 Å². The highest BCUT2D eigenvalue weighted by atomic mass is 127. The molecule has 0 aliphatic rings. The molecule has 0 fully saturated rings. The van der Waals surface area contributed by atoms with Crippen LogP contribution in [0.2, 0.25) is 0 Å². The first kappa shape index (κ1) is 20.4. The zero-order valence-corrected chi connectivity index (χ0v) is 17.7. The molecule has 1 atom stereocenters. The maximum atomic E-state index is 11.2. The second kappa shape index (κ2) is 9.70. The predicted molar refractivity (Wildman–Crippen MR) is 113 cm³/mol. The third-order valence-electron chi connectivity index (χ3n) is 3.58. The van der Waals surface area contributed by atoms with Crippen molar-refractivity contribution in [1.29, 1.82) is 0 Å². The summed E-state index contributed by atoms with van der Waals surface area (Å²) in [6.45, 7) is -0.425.